The van der Waals surface area contributed by atoms with Crippen LogP contribution in [0.5, 0.6) is 5.75 Å². The average Bonchev–Trinajstić information content (AvgIpc) is 2.75. The van der Waals surface area contributed by atoms with Crippen LogP contribution in [0.3, 0.4) is 0 Å². The molecule has 2 aromatic carbocycles. The molecule has 0 spiro atoms. The number of carbonyl (C=O) groups excluding carboxylic acids is 2. The standard InChI is InChI=1S/C22H26N2O4/c1-16(28-22(26)17-6-12-20(27-2)13-7-17)21(25)23-18-8-10-19(11-9-18)24-14-4-3-5-15-24/h6-13,16H,3-5,14-15H2,1-2H3,(H,23,25)/t16-/m1/s1. The first-order chi connectivity index (χ1) is 13.6. The number of hydrogen-bond acceptors (Lipinski definition) is 5. The van der Waals surface area contributed by atoms with Gasteiger partial charge >= 0.3 is 5.97 Å². The number of piperidine rings is 1. The van der Waals surface area contributed by atoms with Gasteiger partial charge in [-0.25, -0.2) is 4.79 Å². The van der Waals surface area contributed by atoms with Gasteiger partial charge in [0.2, 0.25) is 0 Å². The van der Waals surface area contributed by atoms with Gasteiger partial charge in [0, 0.05) is 24.5 Å². The van der Waals surface area contributed by atoms with E-state index in [4.69, 9.17) is 9.47 Å². The lowest BCUT2D eigenvalue weighted by Gasteiger charge is -2.28. The maximum atomic E-state index is 12.3. The van der Waals surface area contributed by atoms with Crippen LogP contribution in [-0.4, -0.2) is 38.2 Å². The van der Waals surface area contributed by atoms with Gasteiger partial charge in [0.25, 0.3) is 5.91 Å². The van der Waals surface area contributed by atoms with Crippen LogP contribution in [-0.2, 0) is 9.53 Å². The van der Waals surface area contributed by atoms with Gasteiger partial charge in [-0.05, 0) is 74.7 Å². The van der Waals surface area contributed by atoms with Crippen LogP contribution in [0.2, 0.25) is 0 Å². The van der Waals surface area contributed by atoms with Gasteiger partial charge in [-0.2, -0.15) is 0 Å². The van der Waals surface area contributed by atoms with Crippen LogP contribution in [0, 0.1) is 0 Å². The third kappa shape index (κ3) is 5.03. The molecule has 1 aliphatic heterocycles. The summed E-state index contributed by atoms with van der Waals surface area (Å²) in [5.41, 5.74) is 2.21. The van der Waals surface area contributed by atoms with E-state index < -0.39 is 12.1 Å². The van der Waals surface area contributed by atoms with Crippen LogP contribution < -0.4 is 15.0 Å². The van der Waals surface area contributed by atoms with Gasteiger partial charge < -0.3 is 19.7 Å². The summed E-state index contributed by atoms with van der Waals surface area (Å²) in [5, 5.41) is 2.79. The second-order valence-corrected chi connectivity index (χ2v) is 6.86. The van der Waals surface area contributed by atoms with Crippen molar-refractivity contribution in [3.8, 4) is 5.75 Å². The molecule has 28 heavy (non-hydrogen) atoms. The summed E-state index contributed by atoms with van der Waals surface area (Å²) < 4.78 is 10.3. The Bertz CT molecular complexity index is 796. The maximum Gasteiger partial charge on any atom is 0.338 e. The Hall–Kier alpha value is -3.02. The van der Waals surface area contributed by atoms with E-state index in [2.05, 4.69) is 10.2 Å². The quantitative estimate of drug-likeness (QED) is 0.768. The Balaban J connectivity index is 1.53. The van der Waals surface area contributed by atoms with Crippen molar-refractivity contribution in [2.24, 2.45) is 0 Å². The zero-order valence-corrected chi connectivity index (χ0v) is 16.3. The zero-order chi connectivity index (χ0) is 19.9. The molecule has 0 unspecified atom stereocenters. The molecule has 0 bridgehead atoms. The van der Waals surface area contributed by atoms with E-state index in [0.29, 0.717) is 17.0 Å². The van der Waals surface area contributed by atoms with Crippen LogP contribution in [0.4, 0.5) is 11.4 Å². The van der Waals surface area contributed by atoms with Gasteiger partial charge in [0.05, 0.1) is 12.7 Å². The SMILES string of the molecule is COc1ccc(C(=O)O[C@H](C)C(=O)Nc2ccc(N3CCCCC3)cc2)cc1. The van der Waals surface area contributed by atoms with Crippen molar-refractivity contribution in [1.82, 2.24) is 0 Å². The summed E-state index contributed by atoms with van der Waals surface area (Å²) in [5.74, 6) is -0.270. The Morgan fingerprint density at radius 2 is 1.61 bits per heavy atom. The van der Waals surface area contributed by atoms with E-state index in [-0.39, 0.29) is 5.91 Å². The van der Waals surface area contributed by atoms with E-state index in [1.54, 1.807) is 38.3 Å². The van der Waals surface area contributed by atoms with E-state index >= 15 is 0 Å². The minimum Gasteiger partial charge on any atom is -0.497 e. The van der Waals surface area contributed by atoms with Crippen LogP contribution in [0.25, 0.3) is 0 Å². The number of esters is 1. The number of methoxy groups -OCH3 is 1. The van der Waals surface area contributed by atoms with E-state index in [0.717, 1.165) is 18.8 Å². The first-order valence-corrected chi connectivity index (χ1v) is 9.58. The van der Waals surface area contributed by atoms with Crippen LogP contribution >= 0.6 is 0 Å². The summed E-state index contributed by atoms with van der Waals surface area (Å²) in [6.07, 6.45) is 2.82. The molecule has 3 rings (SSSR count). The molecular weight excluding hydrogens is 356 g/mol. The molecule has 1 atom stereocenters. The minimum atomic E-state index is -0.906. The second-order valence-electron chi connectivity index (χ2n) is 6.86. The van der Waals surface area contributed by atoms with Gasteiger partial charge in [-0.3, -0.25) is 4.79 Å². The molecule has 6 heteroatoms. The average molecular weight is 382 g/mol. The molecule has 0 aromatic heterocycles. The first kappa shape index (κ1) is 19.7. The maximum absolute atomic E-state index is 12.3. The van der Waals surface area contributed by atoms with Gasteiger partial charge in [0.1, 0.15) is 5.75 Å². The van der Waals surface area contributed by atoms with Crippen molar-refractivity contribution in [3.63, 3.8) is 0 Å². The summed E-state index contributed by atoms with van der Waals surface area (Å²) in [6, 6.07) is 14.3. The number of benzene rings is 2. The van der Waals surface area contributed by atoms with Crippen LogP contribution in [0.15, 0.2) is 48.5 Å². The molecule has 1 amide bonds. The zero-order valence-electron chi connectivity index (χ0n) is 16.3. The van der Waals surface area contributed by atoms with Gasteiger partial charge in [-0.15, -0.1) is 0 Å². The van der Waals surface area contributed by atoms with Crippen molar-refractivity contribution in [2.45, 2.75) is 32.3 Å². The number of nitrogens with one attached hydrogen (secondary N) is 1. The number of rotatable bonds is 6. The van der Waals surface area contributed by atoms with Gasteiger partial charge in [0.15, 0.2) is 6.10 Å². The van der Waals surface area contributed by atoms with Crippen molar-refractivity contribution >= 4 is 23.3 Å². The summed E-state index contributed by atoms with van der Waals surface area (Å²) in [4.78, 5) is 26.9. The molecule has 1 heterocycles. The van der Waals surface area contributed by atoms with Crippen molar-refractivity contribution < 1.29 is 19.1 Å². The third-order valence-corrected chi connectivity index (χ3v) is 4.83. The monoisotopic (exact) mass is 382 g/mol. The molecule has 2 aromatic rings. The summed E-state index contributed by atoms with van der Waals surface area (Å²) in [7, 11) is 1.55. The van der Waals surface area contributed by atoms with E-state index in [1.165, 1.54) is 19.3 Å². The number of hydrogen-bond donors (Lipinski definition) is 1. The number of amides is 1. The number of anilines is 2. The third-order valence-electron chi connectivity index (χ3n) is 4.83. The van der Waals surface area contributed by atoms with Crippen molar-refractivity contribution in [2.75, 3.05) is 30.4 Å². The normalized spacial score (nSPS) is 14.9. The van der Waals surface area contributed by atoms with Crippen molar-refractivity contribution in [3.05, 3.63) is 54.1 Å². The lowest BCUT2D eigenvalue weighted by Crippen LogP contribution is -2.30. The van der Waals surface area contributed by atoms with Gasteiger partial charge in [-0.1, -0.05) is 0 Å². The van der Waals surface area contributed by atoms with E-state index in [9.17, 15) is 9.59 Å². The molecule has 148 valence electrons. The molecule has 1 aliphatic rings. The number of carbonyl (C=O) groups is 2. The molecule has 6 nitrogen and oxygen atoms in total. The summed E-state index contributed by atoms with van der Waals surface area (Å²) in [6.45, 7) is 3.70. The number of ether oxygens (including phenoxy) is 2. The number of nitrogens with zero attached hydrogens (tertiary/aromatic N) is 1. The van der Waals surface area contributed by atoms with Crippen molar-refractivity contribution in [1.29, 1.82) is 0 Å². The first-order valence-electron chi connectivity index (χ1n) is 9.58. The highest BCUT2D eigenvalue weighted by atomic mass is 16.5. The highest BCUT2D eigenvalue weighted by Gasteiger charge is 2.19. The Kier molecular flexibility index (Phi) is 6.53. The molecular formula is C22H26N2O4. The highest BCUT2D eigenvalue weighted by molar-refractivity contribution is 5.97. The molecule has 0 aliphatic carbocycles. The Labute approximate surface area is 165 Å². The summed E-state index contributed by atoms with van der Waals surface area (Å²) >= 11 is 0. The second kappa shape index (κ2) is 9.26. The molecule has 1 fully saturated rings. The lowest BCUT2D eigenvalue weighted by atomic mass is 10.1. The topological polar surface area (TPSA) is 67.9 Å². The predicted octanol–water partition coefficient (Wildman–Crippen LogP) is 3.87. The van der Waals surface area contributed by atoms with E-state index in [1.807, 2.05) is 24.3 Å². The molecule has 1 N–H and O–H groups in total. The van der Waals surface area contributed by atoms with Crippen LogP contribution in [0.1, 0.15) is 36.5 Å². The molecule has 0 radical (unpaired) electrons. The fourth-order valence-electron chi connectivity index (χ4n) is 3.16. The fourth-order valence-corrected chi connectivity index (χ4v) is 3.16. The fraction of sp³-hybridized carbons (Fsp3) is 0.364. The Morgan fingerprint density at radius 1 is 0.964 bits per heavy atom. The minimum absolute atomic E-state index is 0.367. The predicted molar refractivity (Wildman–Crippen MR) is 109 cm³/mol. The Morgan fingerprint density at radius 3 is 2.21 bits per heavy atom. The molecule has 1 saturated heterocycles. The lowest BCUT2D eigenvalue weighted by molar-refractivity contribution is -0.123. The smallest absolute Gasteiger partial charge is 0.338 e. The molecule has 0 saturated carbocycles. The highest BCUT2D eigenvalue weighted by Crippen LogP contribution is 2.22. The largest absolute Gasteiger partial charge is 0.497 e.